The summed E-state index contributed by atoms with van der Waals surface area (Å²) in [4.78, 5) is 21.6. The number of nitriles is 1. The molecule has 2 aromatic heterocycles. The van der Waals surface area contributed by atoms with Gasteiger partial charge in [0.05, 0.1) is 35.0 Å². The lowest BCUT2D eigenvalue weighted by atomic mass is 9.94. The van der Waals surface area contributed by atoms with Crippen LogP contribution in [0.15, 0.2) is 30.7 Å². The number of carbonyl (C=O) groups excluding carboxylic acids is 1. The van der Waals surface area contributed by atoms with Gasteiger partial charge in [-0.2, -0.15) is 10.4 Å². The van der Waals surface area contributed by atoms with Crippen LogP contribution in [0.4, 0.5) is 5.69 Å². The highest BCUT2D eigenvalue weighted by molar-refractivity contribution is 6.06. The van der Waals surface area contributed by atoms with Gasteiger partial charge in [0.2, 0.25) is 5.91 Å². The number of carbonyl (C=O) groups is 1. The van der Waals surface area contributed by atoms with Crippen molar-refractivity contribution in [3.05, 3.63) is 47.5 Å². The second-order valence-corrected chi connectivity index (χ2v) is 7.21. The van der Waals surface area contributed by atoms with Gasteiger partial charge in [0.1, 0.15) is 12.2 Å². The van der Waals surface area contributed by atoms with Crippen LogP contribution in [-0.2, 0) is 4.79 Å². The number of fused-ring (bicyclic) bond motifs is 2. The third-order valence-electron chi connectivity index (χ3n) is 5.63. The van der Waals surface area contributed by atoms with Crippen molar-refractivity contribution in [2.75, 3.05) is 5.32 Å². The maximum atomic E-state index is 12.7. The van der Waals surface area contributed by atoms with Crippen LogP contribution in [-0.4, -0.2) is 25.7 Å². The number of nitrogens with one attached hydrogen (secondary N) is 1. The molecule has 1 fully saturated rings. The quantitative estimate of drug-likeness (QED) is 0.758. The standard InChI is InChI=1S/C20H18N6O/c21-9-12-6-7-16-14(8-12)17(20(27)25-16)18-15-10-24-26(19(15)23-11-22-18)13-4-2-1-3-5-13/h6-8,10-11,13,17H,1-5H2,(H,25,27). The monoisotopic (exact) mass is 358 g/mol. The molecule has 1 aliphatic carbocycles. The van der Waals surface area contributed by atoms with E-state index < -0.39 is 5.92 Å². The predicted molar refractivity (Wildman–Crippen MR) is 99.1 cm³/mol. The highest BCUT2D eigenvalue weighted by atomic mass is 16.2. The summed E-state index contributed by atoms with van der Waals surface area (Å²) in [6, 6.07) is 7.74. The number of amides is 1. The normalized spacial score (nSPS) is 19.7. The third-order valence-corrected chi connectivity index (χ3v) is 5.63. The second-order valence-electron chi connectivity index (χ2n) is 7.21. The fourth-order valence-corrected chi connectivity index (χ4v) is 4.31. The summed E-state index contributed by atoms with van der Waals surface area (Å²) in [5.41, 5.74) is 3.47. The molecule has 3 heterocycles. The van der Waals surface area contributed by atoms with Gasteiger partial charge in [-0.1, -0.05) is 19.3 Å². The van der Waals surface area contributed by atoms with E-state index in [-0.39, 0.29) is 5.91 Å². The minimum Gasteiger partial charge on any atom is -0.325 e. The van der Waals surface area contributed by atoms with Gasteiger partial charge in [-0.05, 0) is 36.6 Å². The molecule has 3 aromatic rings. The molecule has 1 N–H and O–H groups in total. The van der Waals surface area contributed by atoms with Gasteiger partial charge in [0.25, 0.3) is 0 Å². The van der Waals surface area contributed by atoms with Gasteiger partial charge in [-0.3, -0.25) is 4.79 Å². The van der Waals surface area contributed by atoms with Crippen molar-refractivity contribution in [3.8, 4) is 6.07 Å². The summed E-state index contributed by atoms with van der Waals surface area (Å²) in [7, 11) is 0. The highest BCUT2D eigenvalue weighted by Crippen LogP contribution is 2.39. The van der Waals surface area contributed by atoms with Crippen molar-refractivity contribution in [2.45, 2.75) is 44.1 Å². The van der Waals surface area contributed by atoms with Crippen LogP contribution in [0, 0.1) is 11.3 Å². The van der Waals surface area contributed by atoms with Gasteiger partial charge in [-0.25, -0.2) is 14.6 Å². The van der Waals surface area contributed by atoms with E-state index in [1.54, 1.807) is 24.4 Å². The number of hydrogen-bond acceptors (Lipinski definition) is 5. The molecule has 0 bridgehead atoms. The van der Waals surface area contributed by atoms with Crippen molar-refractivity contribution in [1.29, 1.82) is 5.26 Å². The Labute approximate surface area is 156 Å². The summed E-state index contributed by atoms with van der Waals surface area (Å²) in [6.45, 7) is 0. The average molecular weight is 358 g/mol. The Hall–Kier alpha value is -3.27. The SMILES string of the molecule is N#Cc1ccc2c(c1)C(c1ncnc3c1cnn3C1CCCCC1)C(=O)N2. The van der Waals surface area contributed by atoms with E-state index in [1.807, 2.05) is 4.68 Å². The van der Waals surface area contributed by atoms with Crippen LogP contribution in [0.2, 0.25) is 0 Å². The van der Waals surface area contributed by atoms with Crippen LogP contribution >= 0.6 is 0 Å². The zero-order valence-corrected chi connectivity index (χ0v) is 14.7. The number of nitrogens with zero attached hydrogens (tertiary/aromatic N) is 5. The molecule has 2 aliphatic rings. The van der Waals surface area contributed by atoms with Crippen molar-refractivity contribution < 1.29 is 4.79 Å². The molecule has 1 aliphatic heterocycles. The van der Waals surface area contributed by atoms with Gasteiger partial charge in [-0.15, -0.1) is 0 Å². The van der Waals surface area contributed by atoms with Crippen LogP contribution in [0.1, 0.15) is 60.9 Å². The fourth-order valence-electron chi connectivity index (χ4n) is 4.31. The van der Waals surface area contributed by atoms with E-state index >= 15 is 0 Å². The first-order valence-corrected chi connectivity index (χ1v) is 9.29. The molecule has 1 unspecified atom stereocenters. The maximum absolute atomic E-state index is 12.7. The topological polar surface area (TPSA) is 96.5 Å². The molecule has 1 aromatic carbocycles. The van der Waals surface area contributed by atoms with Gasteiger partial charge in [0.15, 0.2) is 5.65 Å². The molecular formula is C20H18N6O. The minimum atomic E-state index is -0.553. The molecule has 0 saturated heterocycles. The molecule has 7 nitrogen and oxygen atoms in total. The number of aromatic nitrogens is 4. The number of anilines is 1. The lowest BCUT2D eigenvalue weighted by Crippen LogP contribution is -2.16. The van der Waals surface area contributed by atoms with E-state index in [9.17, 15) is 10.1 Å². The van der Waals surface area contributed by atoms with E-state index in [4.69, 9.17) is 0 Å². The van der Waals surface area contributed by atoms with E-state index in [0.717, 1.165) is 35.1 Å². The zero-order valence-electron chi connectivity index (χ0n) is 14.7. The smallest absolute Gasteiger partial charge is 0.238 e. The Bertz CT molecular complexity index is 1090. The third kappa shape index (κ3) is 2.48. The molecule has 1 atom stereocenters. The van der Waals surface area contributed by atoms with Crippen molar-refractivity contribution in [3.63, 3.8) is 0 Å². The number of benzene rings is 1. The molecular weight excluding hydrogens is 340 g/mol. The Balaban J connectivity index is 1.63. The Morgan fingerprint density at radius 2 is 2.04 bits per heavy atom. The maximum Gasteiger partial charge on any atom is 0.238 e. The molecule has 27 heavy (non-hydrogen) atoms. The molecule has 1 amide bonds. The number of rotatable bonds is 2. The summed E-state index contributed by atoms with van der Waals surface area (Å²) >= 11 is 0. The van der Waals surface area contributed by atoms with E-state index in [2.05, 4.69) is 26.5 Å². The lowest BCUT2D eigenvalue weighted by Gasteiger charge is -2.22. The molecule has 0 radical (unpaired) electrons. The average Bonchev–Trinajstić information content (AvgIpc) is 3.28. The Morgan fingerprint density at radius 1 is 1.19 bits per heavy atom. The van der Waals surface area contributed by atoms with E-state index in [0.29, 0.717) is 17.3 Å². The molecule has 134 valence electrons. The first-order valence-electron chi connectivity index (χ1n) is 9.29. The first kappa shape index (κ1) is 15.9. The molecule has 0 spiro atoms. The Kier molecular flexibility index (Phi) is 3.64. The highest BCUT2D eigenvalue weighted by Gasteiger charge is 2.35. The van der Waals surface area contributed by atoms with Gasteiger partial charge >= 0.3 is 0 Å². The summed E-state index contributed by atoms with van der Waals surface area (Å²) in [5, 5.41) is 17.5. The van der Waals surface area contributed by atoms with Crippen LogP contribution in [0.25, 0.3) is 11.0 Å². The van der Waals surface area contributed by atoms with Crippen LogP contribution < -0.4 is 5.32 Å². The van der Waals surface area contributed by atoms with Crippen molar-refractivity contribution >= 4 is 22.6 Å². The van der Waals surface area contributed by atoms with E-state index in [1.165, 1.54) is 25.6 Å². The second kappa shape index (κ2) is 6.16. The lowest BCUT2D eigenvalue weighted by molar-refractivity contribution is -0.116. The first-order chi connectivity index (χ1) is 13.3. The number of hydrogen-bond donors (Lipinski definition) is 1. The molecule has 7 heteroatoms. The van der Waals surface area contributed by atoms with Gasteiger partial charge < -0.3 is 5.32 Å². The van der Waals surface area contributed by atoms with Crippen LogP contribution in [0.3, 0.4) is 0 Å². The summed E-state index contributed by atoms with van der Waals surface area (Å²) in [5.74, 6) is -0.687. The van der Waals surface area contributed by atoms with Gasteiger partial charge in [0, 0.05) is 5.69 Å². The van der Waals surface area contributed by atoms with Crippen molar-refractivity contribution in [1.82, 2.24) is 19.7 Å². The molecule has 1 saturated carbocycles. The minimum absolute atomic E-state index is 0.134. The summed E-state index contributed by atoms with van der Waals surface area (Å²) in [6.07, 6.45) is 9.19. The summed E-state index contributed by atoms with van der Waals surface area (Å²) < 4.78 is 2.00. The molecule has 5 rings (SSSR count). The fraction of sp³-hybridized carbons (Fsp3) is 0.350. The van der Waals surface area contributed by atoms with Crippen LogP contribution in [0.5, 0.6) is 0 Å². The zero-order chi connectivity index (χ0) is 18.4. The predicted octanol–water partition coefficient (Wildman–Crippen LogP) is 3.29. The Morgan fingerprint density at radius 3 is 2.85 bits per heavy atom. The largest absolute Gasteiger partial charge is 0.325 e. The van der Waals surface area contributed by atoms with Crippen molar-refractivity contribution in [2.24, 2.45) is 0 Å².